The lowest BCUT2D eigenvalue weighted by Crippen LogP contribution is -2.57. The minimum Gasteiger partial charge on any atom is -0.325 e. The summed E-state index contributed by atoms with van der Waals surface area (Å²) in [5.74, 6) is 1.60. The van der Waals surface area contributed by atoms with E-state index >= 15 is 0 Å². The number of guanidine groups is 1. The Hall–Kier alpha value is -3.83. The molecular weight excluding hydrogens is 603 g/mol. The third kappa shape index (κ3) is 6.63. The minimum atomic E-state index is -0.343. The molecule has 4 atom stereocenters. The molecule has 44 heavy (non-hydrogen) atoms. The first-order valence-electron chi connectivity index (χ1n) is 14.7. The molecule has 3 fully saturated rings. The Kier molecular flexibility index (Phi) is 9.08. The van der Waals surface area contributed by atoms with Gasteiger partial charge < -0.3 is 5.32 Å². The highest BCUT2D eigenvalue weighted by Crippen LogP contribution is 2.61. The molecule has 0 radical (unpaired) electrons. The number of fused-ring (bicyclic) bond motifs is 3. The Morgan fingerprint density at radius 1 is 1.05 bits per heavy atom. The first-order chi connectivity index (χ1) is 20.8. The minimum absolute atomic E-state index is 0.101. The number of aliphatic imine (C=N–C) groups is 1. The Labute approximate surface area is 266 Å². The van der Waals surface area contributed by atoms with Crippen molar-refractivity contribution in [2.75, 3.05) is 10.7 Å². The summed E-state index contributed by atoms with van der Waals surface area (Å²) in [6.45, 7) is 9.96. The van der Waals surface area contributed by atoms with E-state index in [2.05, 4.69) is 52.8 Å². The van der Waals surface area contributed by atoms with Crippen LogP contribution in [0.15, 0.2) is 46.2 Å². The summed E-state index contributed by atoms with van der Waals surface area (Å²) < 4.78 is 1.46. The topological polar surface area (TPSA) is 142 Å². The maximum Gasteiger partial charge on any atom is 0.262 e. The number of hydrogen-bond donors (Lipinski definition) is 5. The number of carbonyl (C=O) groups excluding carboxylic acids is 2. The lowest BCUT2D eigenvalue weighted by Gasteiger charge is -2.61. The molecule has 6 rings (SSSR count). The zero-order chi connectivity index (χ0) is 31.8. The number of amides is 2. The summed E-state index contributed by atoms with van der Waals surface area (Å²) in [7, 11) is 0. The number of carbonyl (C=O) groups is 2. The van der Waals surface area contributed by atoms with E-state index in [1.54, 1.807) is 30.3 Å². The number of nitrogens with zero attached hydrogens (tertiary/aromatic N) is 3. The second kappa shape index (κ2) is 12.6. The Balaban J connectivity index is 1.44. The number of hydrogen-bond acceptors (Lipinski definition) is 6. The summed E-state index contributed by atoms with van der Waals surface area (Å²) in [4.78, 5) is 46.7. The molecule has 5 N–H and O–H groups in total. The lowest BCUT2D eigenvalue weighted by molar-refractivity contribution is -0.120. The summed E-state index contributed by atoms with van der Waals surface area (Å²) in [5, 5.41) is 4.68. The molecule has 0 saturated heterocycles. The molecule has 13 heteroatoms. The lowest BCUT2D eigenvalue weighted by atomic mass is 9.45. The first kappa shape index (κ1) is 31.6. The van der Waals surface area contributed by atoms with E-state index in [1.807, 2.05) is 6.07 Å². The fourth-order valence-corrected chi connectivity index (χ4v) is 7.04. The zero-order valence-electron chi connectivity index (χ0n) is 25.4. The number of anilines is 2. The highest BCUT2D eigenvalue weighted by molar-refractivity contribution is 6.35. The predicted molar refractivity (Wildman–Crippen MR) is 175 cm³/mol. The monoisotopic (exact) mass is 640 g/mol. The predicted octanol–water partition coefficient (Wildman–Crippen LogP) is 4.89. The number of nitrogens with one attached hydrogen (secondary N) is 5. The van der Waals surface area contributed by atoms with Crippen LogP contribution in [0.1, 0.15) is 53.0 Å². The molecule has 234 valence electrons. The molecule has 3 aromatic rings. The van der Waals surface area contributed by atoms with Crippen LogP contribution in [-0.4, -0.2) is 33.4 Å². The van der Waals surface area contributed by atoms with Crippen LogP contribution in [0.4, 0.5) is 11.6 Å². The van der Waals surface area contributed by atoms with E-state index in [1.165, 1.54) is 24.8 Å². The maximum atomic E-state index is 13.7. The van der Waals surface area contributed by atoms with Gasteiger partial charge in [-0.25, -0.2) is 9.98 Å². The van der Waals surface area contributed by atoms with Crippen molar-refractivity contribution in [3.63, 3.8) is 0 Å². The van der Waals surface area contributed by atoms with Gasteiger partial charge >= 0.3 is 0 Å². The van der Waals surface area contributed by atoms with Gasteiger partial charge in [-0.15, -0.1) is 0 Å². The maximum absolute atomic E-state index is 13.7. The van der Waals surface area contributed by atoms with Crippen molar-refractivity contribution < 1.29 is 9.59 Å². The quantitative estimate of drug-likeness (QED) is 0.141. The highest BCUT2D eigenvalue weighted by atomic mass is 35.5. The standard InChI is InChI=1S/C31H38Cl2N8O3/c1-16-24-12-20(31(24,4)5)13-26(16)35-29(39-37-17(2)42)34-22-8-9-23-27(15-22)36-30(40-38-18(3)43)41(28(23)44)11-10-19-6-7-21(32)14-25(19)33/h6-9,14-16,20,24,26H,10-13H2,1-5H3,(H,36,40)(H,37,42)(H,38,43)(H2,34,35,39)/t16-,20-,24+,26?/m0/s1. The molecule has 1 aromatic heterocycles. The van der Waals surface area contributed by atoms with Crippen LogP contribution in [0.2, 0.25) is 10.0 Å². The van der Waals surface area contributed by atoms with Crippen molar-refractivity contribution in [1.29, 1.82) is 0 Å². The molecule has 0 aliphatic heterocycles. The molecule has 3 aliphatic carbocycles. The van der Waals surface area contributed by atoms with Crippen molar-refractivity contribution in [2.45, 2.75) is 66.5 Å². The van der Waals surface area contributed by atoms with Crippen LogP contribution in [0, 0.1) is 23.2 Å². The van der Waals surface area contributed by atoms with Crippen LogP contribution in [0.3, 0.4) is 0 Å². The van der Waals surface area contributed by atoms with Crippen molar-refractivity contribution in [2.24, 2.45) is 28.2 Å². The molecule has 2 amide bonds. The third-order valence-corrected chi connectivity index (χ3v) is 9.74. The van der Waals surface area contributed by atoms with E-state index in [4.69, 9.17) is 28.2 Å². The smallest absolute Gasteiger partial charge is 0.262 e. The number of hydrazine groups is 2. The molecular formula is C31H38Cl2N8O3. The van der Waals surface area contributed by atoms with Gasteiger partial charge in [-0.3, -0.25) is 40.7 Å². The van der Waals surface area contributed by atoms with Gasteiger partial charge in [0, 0.05) is 36.1 Å². The van der Waals surface area contributed by atoms with Gasteiger partial charge in [0.25, 0.3) is 5.56 Å². The van der Waals surface area contributed by atoms with Gasteiger partial charge in [-0.2, -0.15) is 0 Å². The SMILES string of the molecule is CC(=O)NN/C(=N\C1C[C@@H]2C[C@H]([C@@H]1C)C2(C)C)Nc1ccc2c(=O)n(CCc3ccc(Cl)cc3Cl)c(NNC(C)=O)nc2c1. The van der Waals surface area contributed by atoms with Crippen molar-refractivity contribution in [1.82, 2.24) is 25.8 Å². The fourth-order valence-electron chi connectivity index (χ4n) is 6.54. The summed E-state index contributed by atoms with van der Waals surface area (Å²) in [6, 6.07) is 10.5. The van der Waals surface area contributed by atoms with Gasteiger partial charge in [-0.1, -0.05) is 50.0 Å². The van der Waals surface area contributed by atoms with Gasteiger partial charge in [0.1, 0.15) is 0 Å². The highest BCUT2D eigenvalue weighted by Gasteiger charge is 2.56. The Morgan fingerprint density at radius 3 is 2.45 bits per heavy atom. The molecule has 11 nitrogen and oxygen atoms in total. The molecule has 2 aromatic carbocycles. The normalized spacial score (nSPS) is 22.1. The van der Waals surface area contributed by atoms with Crippen LogP contribution in [0.25, 0.3) is 10.9 Å². The van der Waals surface area contributed by atoms with Gasteiger partial charge in [0.05, 0.1) is 16.9 Å². The average Bonchev–Trinajstić information content (AvgIpc) is 2.95. The van der Waals surface area contributed by atoms with E-state index in [9.17, 15) is 14.4 Å². The number of benzene rings is 2. The van der Waals surface area contributed by atoms with Crippen LogP contribution in [0.5, 0.6) is 0 Å². The largest absolute Gasteiger partial charge is 0.325 e. The zero-order valence-corrected chi connectivity index (χ0v) is 26.9. The number of halogens is 2. The van der Waals surface area contributed by atoms with Gasteiger partial charge in [0.15, 0.2) is 0 Å². The molecule has 1 heterocycles. The molecule has 0 spiro atoms. The summed E-state index contributed by atoms with van der Waals surface area (Å²) >= 11 is 12.4. The van der Waals surface area contributed by atoms with E-state index in [-0.39, 0.29) is 35.9 Å². The van der Waals surface area contributed by atoms with E-state index < -0.39 is 0 Å². The van der Waals surface area contributed by atoms with Crippen molar-refractivity contribution in [3.8, 4) is 0 Å². The molecule has 3 saturated carbocycles. The average molecular weight is 642 g/mol. The van der Waals surface area contributed by atoms with Crippen molar-refractivity contribution >= 4 is 63.5 Å². The summed E-state index contributed by atoms with van der Waals surface area (Å²) in [6.07, 6.45) is 2.65. The summed E-state index contributed by atoms with van der Waals surface area (Å²) in [5.41, 5.74) is 12.7. The Morgan fingerprint density at radius 2 is 1.80 bits per heavy atom. The van der Waals surface area contributed by atoms with Gasteiger partial charge in [0.2, 0.25) is 23.7 Å². The number of rotatable bonds is 7. The number of aromatic nitrogens is 2. The van der Waals surface area contributed by atoms with Crippen LogP contribution < -0.4 is 32.6 Å². The fraction of sp³-hybridized carbons (Fsp3) is 0.452. The Bertz CT molecular complexity index is 1690. The first-order valence-corrected chi connectivity index (χ1v) is 15.5. The second-order valence-corrected chi connectivity index (χ2v) is 13.2. The van der Waals surface area contributed by atoms with Crippen LogP contribution in [-0.2, 0) is 22.6 Å². The second-order valence-electron chi connectivity index (χ2n) is 12.3. The van der Waals surface area contributed by atoms with Gasteiger partial charge in [-0.05, 0) is 78.3 Å². The third-order valence-electron chi connectivity index (χ3n) is 9.15. The van der Waals surface area contributed by atoms with Crippen LogP contribution >= 0.6 is 23.2 Å². The van der Waals surface area contributed by atoms with E-state index in [0.29, 0.717) is 62.2 Å². The molecule has 1 unspecified atom stereocenters. The molecule has 2 bridgehead atoms. The van der Waals surface area contributed by atoms with Crippen molar-refractivity contribution in [3.05, 3.63) is 62.4 Å². The van der Waals surface area contributed by atoms with E-state index in [0.717, 1.165) is 12.0 Å². The molecule has 3 aliphatic rings. The number of aryl methyl sites for hydroxylation is 1.